The third-order valence-corrected chi connectivity index (χ3v) is 5.73. The first-order valence-corrected chi connectivity index (χ1v) is 10.8. The lowest BCUT2D eigenvalue weighted by Gasteiger charge is -2.32. The highest BCUT2D eigenvalue weighted by atomic mass is 16.2. The van der Waals surface area contributed by atoms with Gasteiger partial charge in [0.05, 0.1) is 12.8 Å². The fraction of sp³-hybridized carbons (Fsp3) is 0.500. The summed E-state index contributed by atoms with van der Waals surface area (Å²) in [5.74, 6) is 1.08. The molecule has 0 radical (unpaired) electrons. The van der Waals surface area contributed by atoms with Crippen LogP contribution in [0.2, 0.25) is 0 Å². The van der Waals surface area contributed by atoms with Gasteiger partial charge in [-0.05, 0) is 46.1 Å². The standard InChI is InChI=1S/C24H32N4O2/c1-5-25-22(29)14-21-17(3)26-24(27-18(21)4)20-10-7-11-28(15-20)23(30)13-19-9-6-8-16(2)12-19/h6,8-9,12,20H,5,7,10-11,13-15H2,1-4H3,(H,25,29). The molecule has 6 heteroatoms. The quantitative estimate of drug-likeness (QED) is 0.797. The number of amides is 2. The number of nitrogens with zero attached hydrogens (tertiary/aromatic N) is 3. The Balaban J connectivity index is 1.70. The van der Waals surface area contributed by atoms with E-state index in [0.29, 0.717) is 25.9 Å². The van der Waals surface area contributed by atoms with E-state index in [1.54, 1.807) is 0 Å². The topological polar surface area (TPSA) is 75.2 Å². The predicted molar refractivity (Wildman–Crippen MR) is 117 cm³/mol. The van der Waals surface area contributed by atoms with Gasteiger partial charge in [-0.15, -0.1) is 0 Å². The summed E-state index contributed by atoms with van der Waals surface area (Å²) in [5, 5.41) is 2.83. The van der Waals surface area contributed by atoms with Gasteiger partial charge in [0, 0.05) is 42.5 Å². The minimum absolute atomic E-state index is 0.00867. The molecule has 2 heterocycles. The van der Waals surface area contributed by atoms with E-state index in [-0.39, 0.29) is 17.7 Å². The summed E-state index contributed by atoms with van der Waals surface area (Å²) >= 11 is 0. The van der Waals surface area contributed by atoms with Crippen LogP contribution in [0.4, 0.5) is 0 Å². The molecule has 0 saturated carbocycles. The van der Waals surface area contributed by atoms with Crippen molar-refractivity contribution in [3.05, 3.63) is 58.2 Å². The average Bonchev–Trinajstić information content (AvgIpc) is 2.71. The minimum atomic E-state index is -0.00867. The highest BCUT2D eigenvalue weighted by Crippen LogP contribution is 2.26. The molecule has 2 aromatic rings. The molecule has 1 N–H and O–H groups in total. The van der Waals surface area contributed by atoms with Gasteiger partial charge in [0.15, 0.2) is 0 Å². The normalized spacial score (nSPS) is 16.4. The Bertz CT molecular complexity index is 902. The number of nitrogens with one attached hydrogen (secondary N) is 1. The van der Waals surface area contributed by atoms with E-state index in [1.165, 1.54) is 5.56 Å². The monoisotopic (exact) mass is 408 g/mol. The summed E-state index contributed by atoms with van der Waals surface area (Å²) in [4.78, 5) is 36.3. The molecule has 0 bridgehead atoms. The molecule has 0 aliphatic carbocycles. The highest BCUT2D eigenvalue weighted by Gasteiger charge is 2.27. The van der Waals surface area contributed by atoms with Crippen LogP contribution in [0.25, 0.3) is 0 Å². The second kappa shape index (κ2) is 9.83. The summed E-state index contributed by atoms with van der Waals surface area (Å²) in [6.45, 7) is 9.89. The number of hydrogen-bond acceptors (Lipinski definition) is 4. The maximum Gasteiger partial charge on any atom is 0.227 e. The summed E-state index contributed by atoms with van der Waals surface area (Å²) in [6.07, 6.45) is 2.66. The van der Waals surface area contributed by atoms with Crippen LogP contribution >= 0.6 is 0 Å². The lowest BCUT2D eigenvalue weighted by molar-refractivity contribution is -0.131. The molecule has 1 fully saturated rings. The molecule has 0 spiro atoms. The smallest absolute Gasteiger partial charge is 0.227 e. The highest BCUT2D eigenvalue weighted by molar-refractivity contribution is 5.79. The van der Waals surface area contributed by atoms with E-state index < -0.39 is 0 Å². The molecule has 30 heavy (non-hydrogen) atoms. The van der Waals surface area contributed by atoms with Crippen LogP contribution < -0.4 is 5.32 Å². The first kappa shape index (κ1) is 21.9. The van der Waals surface area contributed by atoms with Gasteiger partial charge in [-0.3, -0.25) is 9.59 Å². The van der Waals surface area contributed by atoms with Crippen LogP contribution in [-0.4, -0.2) is 46.3 Å². The van der Waals surface area contributed by atoms with Crippen molar-refractivity contribution >= 4 is 11.8 Å². The van der Waals surface area contributed by atoms with Gasteiger partial charge >= 0.3 is 0 Å². The second-order valence-corrected chi connectivity index (χ2v) is 8.21. The number of likely N-dealkylation sites (N-methyl/N-ethyl adjacent to an activating group) is 1. The molecule has 3 rings (SSSR count). The molecule has 2 amide bonds. The van der Waals surface area contributed by atoms with Crippen LogP contribution in [0.3, 0.4) is 0 Å². The lowest BCUT2D eigenvalue weighted by Crippen LogP contribution is -2.40. The number of aryl methyl sites for hydroxylation is 3. The summed E-state index contributed by atoms with van der Waals surface area (Å²) < 4.78 is 0. The molecule has 6 nitrogen and oxygen atoms in total. The van der Waals surface area contributed by atoms with Crippen molar-refractivity contribution in [2.75, 3.05) is 19.6 Å². The third-order valence-electron chi connectivity index (χ3n) is 5.73. The molecule has 1 saturated heterocycles. The van der Waals surface area contributed by atoms with Gasteiger partial charge in [0.25, 0.3) is 0 Å². The maximum atomic E-state index is 12.9. The molecule has 1 aromatic heterocycles. The van der Waals surface area contributed by atoms with Gasteiger partial charge in [0.1, 0.15) is 5.82 Å². The zero-order chi connectivity index (χ0) is 21.7. The Morgan fingerprint density at radius 3 is 2.53 bits per heavy atom. The third kappa shape index (κ3) is 5.43. The van der Waals surface area contributed by atoms with E-state index in [2.05, 4.69) is 11.4 Å². The van der Waals surface area contributed by atoms with Crippen LogP contribution in [0, 0.1) is 20.8 Å². The van der Waals surface area contributed by atoms with E-state index in [4.69, 9.17) is 9.97 Å². The van der Waals surface area contributed by atoms with Crippen molar-refractivity contribution in [2.45, 2.75) is 59.3 Å². The van der Waals surface area contributed by atoms with Crippen molar-refractivity contribution in [1.29, 1.82) is 0 Å². The van der Waals surface area contributed by atoms with Gasteiger partial charge in [-0.1, -0.05) is 29.8 Å². The van der Waals surface area contributed by atoms with Crippen molar-refractivity contribution in [3.8, 4) is 0 Å². The van der Waals surface area contributed by atoms with E-state index in [1.807, 2.05) is 50.8 Å². The molecule has 1 atom stereocenters. The van der Waals surface area contributed by atoms with Crippen molar-refractivity contribution in [3.63, 3.8) is 0 Å². The molecule has 160 valence electrons. The number of hydrogen-bond donors (Lipinski definition) is 1. The number of carbonyl (C=O) groups is 2. The van der Waals surface area contributed by atoms with Crippen LogP contribution in [0.1, 0.15) is 59.6 Å². The largest absolute Gasteiger partial charge is 0.356 e. The first-order chi connectivity index (χ1) is 14.4. The Kier molecular flexibility index (Phi) is 7.19. The van der Waals surface area contributed by atoms with Crippen LogP contribution in [0.5, 0.6) is 0 Å². The van der Waals surface area contributed by atoms with E-state index >= 15 is 0 Å². The molecular weight excluding hydrogens is 376 g/mol. The Hall–Kier alpha value is -2.76. The SMILES string of the molecule is CCNC(=O)Cc1c(C)nc(C2CCCN(C(=O)Cc3cccc(C)c3)C2)nc1C. The minimum Gasteiger partial charge on any atom is -0.356 e. The number of likely N-dealkylation sites (tertiary alicyclic amines) is 1. The number of aromatic nitrogens is 2. The Morgan fingerprint density at radius 1 is 1.13 bits per heavy atom. The fourth-order valence-corrected chi connectivity index (χ4v) is 4.15. The molecule has 1 aliphatic heterocycles. The zero-order valence-corrected chi connectivity index (χ0v) is 18.5. The fourth-order valence-electron chi connectivity index (χ4n) is 4.15. The summed E-state index contributed by atoms with van der Waals surface area (Å²) in [7, 11) is 0. The Labute approximate surface area is 179 Å². The van der Waals surface area contributed by atoms with Gasteiger partial charge < -0.3 is 10.2 Å². The number of carbonyl (C=O) groups excluding carboxylic acids is 2. The molecular formula is C24H32N4O2. The molecule has 1 aromatic carbocycles. The van der Waals surface area contributed by atoms with Crippen LogP contribution in [0.15, 0.2) is 24.3 Å². The van der Waals surface area contributed by atoms with Gasteiger partial charge in [-0.25, -0.2) is 9.97 Å². The van der Waals surface area contributed by atoms with E-state index in [9.17, 15) is 9.59 Å². The van der Waals surface area contributed by atoms with Gasteiger partial charge in [-0.2, -0.15) is 0 Å². The maximum absolute atomic E-state index is 12.9. The van der Waals surface area contributed by atoms with E-state index in [0.717, 1.165) is 47.7 Å². The second-order valence-electron chi connectivity index (χ2n) is 8.21. The number of benzene rings is 1. The van der Waals surface area contributed by atoms with Gasteiger partial charge in [0.2, 0.25) is 11.8 Å². The van der Waals surface area contributed by atoms with Crippen LogP contribution in [-0.2, 0) is 22.4 Å². The Morgan fingerprint density at radius 2 is 1.87 bits per heavy atom. The summed E-state index contributed by atoms with van der Waals surface area (Å²) in [5.41, 5.74) is 4.83. The molecule has 1 aliphatic rings. The lowest BCUT2D eigenvalue weighted by atomic mass is 9.95. The number of rotatable bonds is 6. The zero-order valence-electron chi connectivity index (χ0n) is 18.5. The first-order valence-electron chi connectivity index (χ1n) is 10.8. The summed E-state index contributed by atoms with van der Waals surface area (Å²) in [6, 6.07) is 8.12. The number of piperidine rings is 1. The van der Waals surface area contributed by atoms with Crippen molar-refractivity contribution in [1.82, 2.24) is 20.2 Å². The van der Waals surface area contributed by atoms with Crippen molar-refractivity contribution < 1.29 is 9.59 Å². The predicted octanol–water partition coefficient (Wildman–Crippen LogP) is 3.03. The van der Waals surface area contributed by atoms with Crippen molar-refractivity contribution in [2.24, 2.45) is 0 Å². The molecule has 1 unspecified atom stereocenters. The average molecular weight is 409 g/mol.